The zero-order valence-corrected chi connectivity index (χ0v) is 11.2. The molecule has 2 nitrogen and oxygen atoms in total. The average molecular weight is 259 g/mol. The minimum absolute atomic E-state index is 0.197. The maximum absolute atomic E-state index is 12.8. The summed E-state index contributed by atoms with van der Waals surface area (Å²) in [5.74, 6) is 0.635. The van der Waals surface area contributed by atoms with Gasteiger partial charge >= 0.3 is 0 Å². The van der Waals surface area contributed by atoms with Gasteiger partial charge in [0.25, 0.3) is 0 Å². The van der Waals surface area contributed by atoms with Crippen molar-refractivity contribution in [1.29, 1.82) is 0 Å². The summed E-state index contributed by atoms with van der Waals surface area (Å²) in [5, 5.41) is 3.41. The molecule has 2 aromatic rings. The number of ether oxygens (including phenoxy) is 1. The van der Waals surface area contributed by atoms with E-state index < -0.39 is 0 Å². The van der Waals surface area contributed by atoms with Crippen molar-refractivity contribution in [2.24, 2.45) is 0 Å². The quantitative estimate of drug-likeness (QED) is 0.880. The van der Waals surface area contributed by atoms with Gasteiger partial charge in [-0.2, -0.15) is 0 Å². The summed E-state index contributed by atoms with van der Waals surface area (Å²) < 4.78 is 18.0. The van der Waals surface area contributed by atoms with E-state index in [0.29, 0.717) is 0 Å². The Labute approximate surface area is 113 Å². The SMILES string of the molecule is COc1cccc(NC(C)Cc2ccc(F)cc2)c1. The van der Waals surface area contributed by atoms with Crippen LogP contribution < -0.4 is 10.1 Å². The standard InChI is InChI=1S/C16H18FNO/c1-12(10-13-6-8-14(17)9-7-13)18-15-4-3-5-16(11-15)19-2/h3-9,11-12,18H,10H2,1-2H3. The van der Waals surface area contributed by atoms with E-state index in [2.05, 4.69) is 12.2 Å². The zero-order chi connectivity index (χ0) is 13.7. The minimum atomic E-state index is -0.197. The molecule has 0 saturated carbocycles. The van der Waals surface area contributed by atoms with E-state index in [4.69, 9.17) is 4.74 Å². The first-order chi connectivity index (χ1) is 9.17. The first-order valence-corrected chi connectivity index (χ1v) is 6.32. The lowest BCUT2D eigenvalue weighted by atomic mass is 10.1. The Balaban J connectivity index is 1.96. The molecule has 0 spiro atoms. The van der Waals surface area contributed by atoms with Gasteiger partial charge in [0.05, 0.1) is 7.11 Å². The molecule has 1 N–H and O–H groups in total. The lowest BCUT2D eigenvalue weighted by molar-refractivity contribution is 0.415. The van der Waals surface area contributed by atoms with Gasteiger partial charge in [-0.25, -0.2) is 4.39 Å². The predicted molar refractivity (Wildman–Crippen MR) is 76.2 cm³/mol. The maximum atomic E-state index is 12.8. The largest absolute Gasteiger partial charge is 0.497 e. The fraction of sp³-hybridized carbons (Fsp3) is 0.250. The van der Waals surface area contributed by atoms with Crippen LogP contribution >= 0.6 is 0 Å². The summed E-state index contributed by atoms with van der Waals surface area (Å²) in [6.07, 6.45) is 0.845. The van der Waals surface area contributed by atoms with Crippen LogP contribution in [0.5, 0.6) is 5.75 Å². The first-order valence-electron chi connectivity index (χ1n) is 6.32. The van der Waals surface area contributed by atoms with Crippen molar-refractivity contribution in [2.45, 2.75) is 19.4 Å². The van der Waals surface area contributed by atoms with E-state index in [0.717, 1.165) is 23.4 Å². The summed E-state index contributed by atoms with van der Waals surface area (Å²) in [5.41, 5.74) is 2.14. The Bertz CT molecular complexity index is 525. The monoisotopic (exact) mass is 259 g/mol. The molecular weight excluding hydrogens is 241 g/mol. The number of hydrogen-bond donors (Lipinski definition) is 1. The molecule has 0 heterocycles. The second-order valence-corrected chi connectivity index (χ2v) is 4.61. The van der Waals surface area contributed by atoms with Crippen LogP contribution in [-0.4, -0.2) is 13.2 Å². The summed E-state index contributed by atoms with van der Waals surface area (Å²) in [7, 11) is 1.65. The van der Waals surface area contributed by atoms with Crippen molar-refractivity contribution in [3.8, 4) is 5.75 Å². The molecule has 0 aromatic heterocycles. The normalized spacial score (nSPS) is 11.9. The number of halogens is 1. The molecule has 0 bridgehead atoms. The number of methoxy groups -OCH3 is 1. The van der Waals surface area contributed by atoms with Crippen LogP contribution in [-0.2, 0) is 6.42 Å². The summed E-state index contributed by atoms with van der Waals surface area (Å²) in [6.45, 7) is 2.10. The third-order valence-electron chi connectivity index (χ3n) is 2.94. The van der Waals surface area contributed by atoms with Gasteiger partial charge in [0.1, 0.15) is 11.6 Å². The highest BCUT2D eigenvalue weighted by Crippen LogP contribution is 2.18. The molecule has 3 heteroatoms. The molecule has 19 heavy (non-hydrogen) atoms. The van der Waals surface area contributed by atoms with Crippen LogP contribution in [0.4, 0.5) is 10.1 Å². The Morgan fingerprint density at radius 2 is 1.89 bits per heavy atom. The van der Waals surface area contributed by atoms with E-state index in [1.807, 2.05) is 36.4 Å². The first kappa shape index (κ1) is 13.4. The number of anilines is 1. The highest BCUT2D eigenvalue weighted by Gasteiger charge is 2.04. The number of nitrogens with one attached hydrogen (secondary N) is 1. The Kier molecular flexibility index (Phi) is 4.39. The average Bonchev–Trinajstić information content (AvgIpc) is 2.41. The van der Waals surface area contributed by atoms with Gasteiger partial charge in [-0.3, -0.25) is 0 Å². The molecule has 0 amide bonds. The molecule has 0 aliphatic rings. The zero-order valence-electron chi connectivity index (χ0n) is 11.2. The predicted octanol–water partition coefficient (Wildman–Crippen LogP) is 3.88. The van der Waals surface area contributed by atoms with E-state index in [9.17, 15) is 4.39 Å². The summed E-state index contributed by atoms with van der Waals surface area (Å²) in [6, 6.07) is 14.7. The van der Waals surface area contributed by atoms with Gasteiger partial charge in [0.2, 0.25) is 0 Å². The van der Waals surface area contributed by atoms with Crippen LogP contribution in [0.2, 0.25) is 0 Å². The lowest BCUT2D eigenvalue weighted by Gasteiger charge is -2.16. The van der Waals surface area contributed by atoms with E-state index in [1.165, 1.54) is 12.1 Å². The topological polar surface area (TPSA) is 21.3 Å². The third-order valence-corrected chi connectivity index (χ3v) is 2.94. The van der Waals surface area contributed by atoms with Crippen molar-refractivity contribution in [1.82, 2.24) is 0 Å². The molecule has 0 saturated heterocycles. The Morgan fingerprint density at radius 1 is 1.16 bits per heavy atom. The Hall–Kier alpha value is -2.03. The Morgan fingerprint density at radius 3 is 2.58 bits per heavy atom. The van der Waals surface area contributed by atoms with Crippen molar-refractivity contribution in [2.75, 3.05) is 12.4 Å². The van der Waals surface area contributed by atoms with Crippen LogP contribution in [0.25, 0.3) is 0 Å². The lowest BCUT2D eigenvalue weighted by Crippen LogP contribution is -2.18. The molecule has 100 valence electrons. The summed E-state index contributed by atoms with van der Waals surface area (Å²) in [4.78, 5) is 0. The fourth-order valence-electron chi connectivity index (χ4n) is 2.02. The van der Waals surface area contributed by atoms with Crippen LogP contribution in [0, 0.1) is 5.82 Å². The van der Waals surface area contributed by atoms with Gasteiger partial charge < -0.3 is 10.1 Å². The highest BCUT2D eigenvalue weighted by molar-refractivity contribution is 5.48. The molecule has 0 radical (unpaired) electrons. The van der Waals surface area contributed by atoms with Crippen molar-refractivity contribution < 1.29 is 9.13 Å². The van der Waals surface area contributed by atoms with Crippen molar-refractivity contribution in [3.63, 3.8) is 0 Å². The number of hydrogen-bond acceptors (Lipinski definition) is 2. The fourth-order valence-corrected chi connectivity index (χ4v) is 2.02. The van der Waals surface area contributed by atoms with Gasteiger partial charge in [0.15, 0.2) is 0 Å². The smallest absolute Gasteiger partial charge is 0.123 e. The number of rotatable bonds is 5. The number of benzene rings is 2. The molecule has 0 fully saturated rings. The second-order valence-electron chi connectivity index (χ2n) is 4.61. The third kappa shape index (κ3) is 3.98. The van der Waals surface area contributed by atoms with E-state index in [-0.39, 0.29) is 11.9 Å². The van der Waals surface area contributed by atoms with Crippen molar-refractivity contribution in [3.05, 3.63) is 59.9 Å². The summed E-state index contributed by atoms with van der Waals surface area (Å²) >= 11 is 0. The van der Waals surface area contributed by atoms with Crippen LogP contribution in [0.3, 0.4) is 0 Å². The van der Waals surface area contributed by atoms with Gasteiger partial charge in [-0.1, -0.05) is 18.2 Å². The van der Waals surface area contributed by atoms with Gasteiger partial charge in [-0.15, -0.1) is 0 Å². The molecular formula is C16H18FNO. The van der Waals surface area contributed by atoms with Crippen LogP contribution in [0.15, 0.2) is 48.5 Å². The molecule has 1 atom stereocenters. The maximum Gasteiger partial charge on any atom is 0.123 e. The molecule has 0 aliphatic carbocycles. The van der Waals surface area contributed by atoms with Crippen LogP contribution in [0.1, 0.15) is 12.5 Å². The van der Waals surface area contributed by atoms with E-state index >= 15 is 0 Å². The van der Waals surface area contributed by atoms with Crippen molar-refractivity contribution >= 4 is 5.69 Å². The minimum Gasteiger partial charge on any atom is -0.497 e. The molecule has 0 aliphatic heterocycles. The van der Waals surface area contributed by atoms with E-state index in [1.54, 1.807) is 7.11 Å². The van der Waals surface area contributed by atoms with Gasteiger partial charge in [0, 0.05) is 17.8 Å². The highest BCUT2D eigenvalue weighted by atomic mass is 19.1. The molecule has 2 aromatic carbocycles. The molecule has 2 rings (SSSR count). The molecule has 1 unspecified atom stereocenters. The second kappa shape index (κ2) is 6.23. The van der Waals surface area contributed by atoms with Gasteiger partial charge in [-0.05, 0) is 43.2 Å².